The van der Waals surface area contributed by atoms with Gasteiger partial charge >= 0.3 is 5.97 Å². The maximum atomic E-state index is 12.3. The molecule has 1 amide bonds. The summed E-state index contributed by atoms with van der Waals surface area (Å²) in [6.45, 7) is 1.10. The Balaban J connectivity index is 1.96. The fraction of sp³-hybridized carbons (Fsp3) is 0.857. The molecule has 0 unspecified atom stereocenters. The minimum absolute atomic E-state index is 0.0156. The van der Waals surface area contributed by atoms with Crippen LogP contribution in [0.1, 0.15) is 51.4 Å². The summed E-state index contributed by atoms with van der Waals surface area (Å²) in [4.78, 5) is 25.0. The minimum atomic E-state index is -0.812. The van der Waals surface area contributed by atoms with Gasteiger partial charge in [0.2, 0.25) is 5.91 Å². The number of aliphatic hydroxyl groups is 1. The van der Waals surface area contributed by atoms with Crippen LogP contribution in [-0.2, 0) is 9.59 Å². The minimum Gasteiger partial charge on any atom is -0.481 e. The van der Waals surface area contributed by atoms with Crippen LogP contribution in [0.25, 0.3) is 0 Å². The van der Waals surface area contributed by atoms with E-state index >= 15 is 0 Å². The lowest BCUT2D eigenvalue weighted by Gasteiger charge is -2.34. The molecule has 0 bridgehead atoms. The van der Waals surface area contributed by atoms with Gasteiger partial charge < -0.3 is 15.1 Å². The topological polar surface area (TPSA) is 77.8 Å². The van der Waals surface area contributed by atoms with Crippen LogP contribution in [0.5, 0.6) is 0 Å². The number of β-amino-alcohol motifs (C(OH)–C–C–N with tert-alkyl or cyclic N) is 1. The zero-order valence-corrected chi connectivity index (χ0v) is 11.3. The first-order chi connectivity index (χ1) is 9.01. The molecule has 1 saturated heterocycles. The Morgan fingerprint density at radius 3 is 2.42 bits per heavy atom. The maximum Gasteiger partial charge on any atom is 0.303 e. The van der Waals surface area contributed by atoms with Crippen LogP contribution in [0.3, 0.4) is 0 Å². The quantitative estimate of drug-likeness (QED) is 0.808. The van der Waals surface area contributed by atoms with Crippen LogP contribution in [0.2, 0.25) is 0 Å². The molecule has 5 nitrogen and oxygen atoms in total. The summed E-state index contributed by atoms with van der Waals surface area (Å²) in [7, 11) is 0. The highest BCUT2D eigenvalue weighted by Crippen LogP contribution is 2.44. The smallest absolute Gasteiger partial charge is 0.303 e. The largest absolute Gasteiger partial charge is 0.481 e. The van der Waals surface area contributed by atoms with E-state index in [1.807, 2.05) is 0 Å². The highest BCUT2D eigenvalue weighted by molar-refractivity contribution is 5.78. The average molecular weight is 269 g/mol. The molecular weight excluding hydrogens is 246 g/mol. The Morgan fingerprint density at radius 1 is 1.16 bits per heavy atom. The number of nitrogens with zero attached hydrogens (tertiary/aromatic N) is 1. The zero-order chi connectivity index (χ0) is 13.9. The molecule has 0 radical (unpaired) electrons. The van der Waals surface area contributed by atoms with Crippen LogP contribution in [0.4, 0.5) is 0 Å². The number of carboxylic acids is 1. The van der Waals surface area contributed by atoms with E-state index in [1.165, 1.54) is 0 Å². The van der Waals surface area contributed by atoms with Crippen molar-refractivity contribution in [1.29, 1.82) is 0 Å². The molecule has 1 aliphatic heterocycles. The van der Waals surface area contributed by atoms with Crippen molar-refractivity contribution in [2.24, 2.45) is 5.41 Å². The van der Waals surface area contributed by atoms with Crippen molar-refractivity contribution in [2.75, 3.05) is 13.1 Å². The number of hydrogen-bond donors (Lipinski definition) is 2. The number of aliphatic hydroxyl groups excluding tert-OH is 1. The number of hydrogen-bond acceptors (Lipinski definition) is 3. The van der Waals surface area contributed by atoms with Gasteiger partial charge in [-0.25, -0.2) is 0 Å². The van der Waals surface area contributed by atoms with Crippen molar-refractivity contribution < 1.29 is 19.8 Å². The predicted molar refractivity (Wildman–Crippen MR) is 69.6 cm³/mol. The first kappa shape index (κ1) is 14.3. The van der Waals surface area contributed by atoms with E-state index in [2.05, 4.69) is 0 Å². The molecule has 0 aromatic rings. The van der Waals surface area contributed by atoms with Crippen molar-refractivity contribution in [3.63, 3.8) is 0 Å². The van der Waals surface area contributed by atoms with Crippen LogP contribution in [0.15, 0.2) is 0 Å². The second-order valence-corrected chi connectivity index (χ2v) is 6.09. The first-order valence-corrected chi connectivity index (χ1v) is 7.18. The van der Waals surface area contributed by atoms with Crippen LogP contribution in [-0.4, -0.2) is 46.2 Å². The Hall–Kier alpha value is -1.10. The van der Waals surface area contributed by atoms with Crippen LogP contribution in [0, 0.1) is 5.41 Å². The number of amides is 1. The van der Waals surface area contributed by atoms with Gasteiger partial charge in [-0.15, -0.1) is 0 Å². The summed E-state index contributed by atoms with van der Waals surface area (Å²) >= 11 is 0. The molecule has 2 fully saturated rings. The summed E-state index contributed by atoms with van der Waals surface area (Å²) < 4.78 is 0. The highest BCUT2D eigenvalue weighted by atomic mass is 16.4. The number of carbonyl (C=O) groups excluding carboxylic acids is 1. The molecule has 2 rings (SSSR count). The van der Waals surface area contributed by atoms with Gasteiger partial charge in [0.05, 0.1) is 12.5 Å². The van der Waals surface area contributed by atoms with Crippen molar-refractivity contribution in [2.45, 2.75) is 57.5 Å². The summed E-state index contributed by atoms with van der Waals surface area (Å²) in [5.41, 5.74) is -0.342. The van der Waals surface area contributed by atoms with Gasteiger partial charge in [-0.05, 0) is 31.1 Å². The highest BCUT2D eigenvalue weighted by Gasteiger charge is 2.39. The van der Waals surface area contributed by atoms with Crippen molar-refractivity contribution in [3.8, 4) is 0 Å². The molecule has 1 atom stereocenters. The zero-order valence-electron chi connectivity index (χ0n) is 11.3. The van der Waals surface area contributed by atoms with Gasteiger partial charge in [-0.2, -0.15) is 0 Å². The van der Waals surface area contributed by atoms with E-state index in [4.69, 9.17) is 5.11 Å². The van der Waals surface area contributed by atoms with Gasteiger partial charge in [-0.1, -0.05) is 12.8 Å². The van der Waals surface area contributed by atoms with E-state index in [1.54, 1.807) is 4.90 Å². The standard InChI is InChI=1S/C14H23NO4/c16-11-4-3-7-15(10-11)12(17)8-14(9-13(18)19)5-1-2-6-14/h11,16H,1-10H2,(H,18,19)/t11-/m0/s1. The molecule has 108 valence electrons. The molecule has 1 aliphatic carbocycles. The summed E-state index contributed by atoms with van der Waals surface area (Å²) in [6.07, 6.45) is 5.29. The summed E-state index contributed by atoms with van der Waals surface area (Å²) in [5, 5.41) is 18.7. The predicted octanol–water partition coefficient (Wildman–Crippen LogP) is 1.39. The van der Waals surface area contributed by atoms with Crippen LogP contribution < -0.4 is 0 Å². The molecule has 0 aromatic heterocycles. The number of likely N-dealkylation sites (tertiary alicyclic amines) is 1. The number of piperidine rings is 1. The van der Waals surface area contributed by atoms with Gasteiger partial charge in [0.1, 0.15) is 0 Å². The first-order valence-electron chi connectivity index (χ1n) is 7.18. The van der Waals surface area contributed by atoms with Gasteiger partial charge in [0, 0.05) is 19.5 Å². The number of carboxylic acid groups (broad SMARTS) is 1. The molecular formula is C14H23NO4. The van der Waals surface area contributed by atoms with Gasteiger partial charge in [0.15, 0.2) is 0 Å². The third kappa shape index (κ3) is 3.69. The number of rotatable bonds is 4. The maximum absolute atomic E-state index is 12.3. The molecule has 0 aromatic carbocycles. The van der Waals surface area contributed by atoms with E-state index in [-0.39, 0.29) is 17.7 Å². The van der Waals surface area contributed by atoms with E-state index in [0.717, 1.165) is 38.5 Å². The van der Waals surface area contributed by atoms with E-state index in [9.17, 15) is 14.7 Å². The van der Waals surface area contributed by atoms with E-state index in [0.29, 0.717) is 19.5 Å². The fourth-order valence-corrected chi connectivity index (χ4v) is 3.48. The number of aliphatic carboxylic acids is 1. The van der Waals surface area contributed by atoms with Crippen LogP contribution >= 0.6 is 0 Å². The molecule has 19 heavy (non-hydrogen) atoms. The average Bonchev–Trinajstić information content (AvgIpc) is 2.76. The van der Waals surface area contributed by atoms with Gasteiger partial charge in [0.25, 0.3) is 0 Å². The second kappa shape index (κ2) is 5.90. The lowest BCUT2D eigenvalue weighted by Crippen LogP contribution is -2.44. The normalized spacial score (nSPS) is 26.4. The molecule has 0 spiro atoms. The van der Waals surface area contributed by atoms with Crippen molar-refractivity contribution in [1.82, 2.24) is 4.90 Å². The third-order valence-corrected chi connectivity index (χ3v) is 4.47. The number of carbonyl (C=O) groups is 2. The lowest BCUT2D eigenvalue weighted by atomic mass is 9.79. The Morgan fingerprint density at radius 2 is 1.84 bits per heavy atom. The van der Waals surface area contributed by atoms with Gasteiger partial charge in [-0.3, -0.25) is 9.59 Å². The molecule has 1 saturated carbocycles. The lowest BCUT2D eigenvalue weighted by molar-refractivity contribution is -0.142. The molecule has 5 heteroatoms. The Labute approximate surface area is 113 Å². The Bertz CT molecular complexity index is 349. The summed E-state index contributed by atoms with van der Waals surface area (Å²) in [5.74, 6) is -0.796. The fourth-order valence-electron chi connectivity index (χ4n) is 3.48. The monoisotopic (exact) mass is 269 g/mol. The molecule has 1 heterocycles. The van der Waals surface area contributed by atoms with Crippen molar-refractivity contribution >= 4 is 11.9 Å². The molecule has 2 aliphatic rings. The summed E-state index contributed by atoms with van der Waals surface area (Å²) in [6, 6.07) is 0. The molecule has 2 N–H and O–H groups in total. The Kier molecular flexibility index (Phi) is 4.45. The third-order valence-electron chi connectivity index (χ3n) is 4.47. The second-order valence-electron chi connectivity index (χ2n) is 6.09. The van der Waals surface area contributed by atoms with E-state index < -0.39 is 12.1 Å². The van der Waals surface area contributed by atoms with Crippen molar-refractivity contribution in [3.05, 3.63) is 0 Å². The SMILES string of the molecule is O=C(O)CC1(CC(=O)N2CCC[C@H](O)C2)CCCC1.